The lowest BCUT2D eigenvalue weighted by atomic mass is 10.0. The third-order valence-electron chi connectivity index (χ3n) is 5.92. The van der Waals surface area contributed by atoms with Gasteiger partial charge < -0.3 is 15.2 Å². The molecule has 1 aromatic heterocycles. The van der Waals surface area contributed by atoms with E-state index in [0.29, 0.717) is 6.42 Å². The summed E-state index contributed by atoms with van der Waals surface area (Å²) in [5.74, 6) is -0.497. The summed E-state index contributed by atoms with van der Waals surface area (Å²) in [6.07, 6.45) is 3.78. The summed E-state index contributed by atoms with van der Waals surface area (Å²) in [5, 5.41) is 4.98. The van der Waals surface area contributed by atoms with Crippen molar-refractivity contribution in [3.8, 4) is 0 Å². The molecule has 178 valence electrons. The van der Waals surface area contributed by atoms with Crippen LogP contribution in [0.1, 0.15) is 18.1 Å². The minimum Gasteiger partial charge on any atom is -0.361 e. The zero-order valence-corrected chi connectivity index (χ0v) is 19.8. The van der Waals surface area contributed by atoms with Gasteiger partial charge in [-0.15, -0.1) is 0 Å². The number of carbonyl (C=O) groups is 2. The first-order valence-electron chi connectivity index (χ1n) is 11.2. The Balaban J connectivity index is 1.42. The molecule has 8 nitrogen and oxygen atoms in total. The molecule has 1 aliphatic heterocycles. The van der Waals surface area contributed by atoms with Crippen LogP contribution in [0.15, 0.2) is 66.2 Å². The van der Waals surface area contributed by atoms with Gasteiger partial charge in [0.15, 0.2) is 0 Å². The maximum atomic E-state index is 13.3. The van der Waals surface area contributed by atoms with Crippen molar-refractivity contribution < 1.29 is 18.0 Å². The van der Waals surface area contributed by atoms with Gasteiger partial charge in [-0.05, 0) is 23.3 Å². The molecule has 1 aliphatic rings. The minimum absolute atomic E-state index is 0.201. The number of benzene rings is 2. The first-order chi connectivity index (χ1) is 16.3. The number of nitrogens with zero attached hydrogens (tertiary/aromatic N) is 2. The SMILES string of the molecule is CC(=O)NC(Cc1c[nH]c2ccccc12)C(=O)N1CCN(S(=O)(=O)/C=C/c2ccccc2)CC1. The smallest absolute Gasteiger partial charge is 0.245 e. The van der Waals surface area contributed by atoms with Gasteiger partial charge in [0.25, 0.3) is 0 Å². The Bertz CT molecular complexity index is 1290. The summed E-state index contributed by atoms with van der Waals surface area (Å²) in [6.45, 7) is 2.32. The quantitative estimate of drug-likeness (QED) is 0.542. The van der Waals surface area contributed by atoms with Gasteiger partial charge in [-0.25, -0.2) is 8.42 Å². The second kappa shape index (κ2) is 10.2. The number of amides is 2. The molecule has 0 aliphatic carbocycles. The largest absolute Gasteiger partial charge is 0.361 e. The molecule has 1 saturated heterocycles. The number of piperazine rings is 1. The topological polar surface area (TPSA) is 103 Å². The molecule has 0 radical (unpaired) electrons. The highest BCUT2D eigenvalue weighted by molar-refractivity contribution is 7.92. The Morgan fingerprint density at radius 3 is 2.41 bits per heavy atom. The van der Waals surface area contributed by atoms with Gasteiger partial charge in [-0.1, -0.05) is 48.5 Å². The Hall–Kier alpha value is -3.43. The number of rotatable bonds is 7. The van der Waals surface area contributed by atoms with Crippen molar-refractivity contribution in [1.29, 1.82) is 0 Å². The first-order valence-corrected chi connectivity index (χ1v) is 12.7. The Labute approximate surface area is 199 Å². The van der Waals surface area contributed by atoms with Gasteiger partial charge >= 0.3 is 0 Å². The summed E-state index contributed by atoms with van der Waals surface area (Å²) in [7, 11) is -3.59. The molecule has 2 heterocycles. The summed E-state index contributed by atoms with van der Waals surface area (Å²) < 4.78 is 26.8. The van der Waals surface area contributed by atoms with Crippen molar-refractivity contribution in [3.05, 3.63) is 77.3 Å². The molecule has 2 N–H and O–H groups in total. The van der Waals surface area contributed by atoms with E-state index in [1.54, 1.807) is 11.0 Å². The number of fused-ring (bicyclic) bond motifs is 1. The van der Waals surface area contributed by atoms with Crippen molar-refractivity contribution in [2.75, 3.05) is 26.2 Å². The Morgan fingerprint density at radius 2 is 1.71 bits per heavy atom. The molecule has 9 heteroatoms. The van der Waals surface area contributed by atoms with Crippen molar-refractivity contribution in [3.63, 3.8) is 0 Å². The van der Waals surface area contributed by atoms with Gasteiger partial charge in [-0.2, -0.15) is 4.31 Å². The van der Waals surface area contributed by atoms with Crippen LogP contribution in [0, 0.1) is 0 Å². The normalized spacial score (nSPS) is 16.1. The zero-order valence-electron chi connectivity index (χ0n) is 19.0. The third kappa shape index (κ3) is 5.55. The molecule has 4 rings (SSSR count). The van der Waals surface area contributed by atoms with Crippen LogP contribution in [-0.2, 0) is 26.0 Å². The number of carbonyl (C=O) groups excluding carboxylic acids is 2. The number of sulfonamides is 1. The van der Waals surface area contributed by atoms with Crippen molar-refractivity contribution in [1.82, 2.24) is 19.5 Å². The van der Waals surface area contributed by atoms with Crippen LogP contribution in [-0.4, -0.2) is 66.6 Å². The summed E-state index contributed by atoms with van der Waals surface area (Å²) >= 11 is 0. The van der Waals surface area contributed by atoms with Crippen molar-refractivity contribution in [2.45, 2.75) is 19.4 Å². The fourth-order valence-electron chi connectivity index (χ4n) is 4.16. The summed E-state index contributed by atoms with van der Waals surface area (Å²) in [5.41, 5.74) is 2.71. The summed E-state index contributed by atoms with van der Waals surface area (Å²) in [6, 6.07) is 16.3. The van der Waals surface area contributed by atoms with Gasteiger partial charge in [0.05, 0.1) is 0 Å². The molecule has 0 bridgehead atoms. The van der Waals surface area contributed by atoms with Crippen LogP contribution >= 0.6 is 0 Å². The van der Waals surface area contributed by atoms with E-state index in [2.05, 4.69) is 10.3 Å². The zero-order chi connectivity index (χ0) is 24.1. The lowest BCUT2D eigenvalue weighted by Gasteiger charge is -2.35. The molecule has 2 aromatic carbocycles. The number of para-hydroxylation sites is 1. The third-order valence-corrected chi connectivity index (χ3v) is 7.48. The van der Waals surface area contributed by atoms with Crippen LogP contribution in [0.25, 0.3) is 17.0 Å². The maximum absolute atomic E-state index is 13.3. The summed E-state index contributed by atoms with van der Waals surface area (Å²) in [4.78, 5) is 29.9. The van der Waals surface area contributed by atoms with E-state index >= 15 is 0 Å². The molecule has 1 unspecified atom stereocenters. The first kappa shape index (κ1) is 23.7. The average molecular weight is 481 g/mol. The highest BCUT2D eigenvalue weighted by atomic mass is 32.2. The van der Waals surface area contributed by atoms with E-state index in [9.17, 15) is 18.0 Å². The van der Waals surface area contributed by atoms with Gasteiger partial charge in [0, 0.05) is 62.0 Å². The van der Waals surface area contributed by atoms with Crippen LogP contribution in [0.2, 0.25) is 0 Å². The van der Waals surface area contributed by atoms with Crippen molar-refractivity contribution >= 4 is 38.8 Å². The number of aromatic nitrogens is 1. The molecular formula is C25H28N4O4S. The molecule has 0 spiro atoms. The number of aromatic amines is 1. The number of nitrogens with one attached hydrogen (secondary N) is 2. The monoisotopic (exact) mass is 480 g/mol. The lowest BCUT2D eigenvalue weighted by molar-refractivity contribution is -0.137. The van der Waals surface area contributed by atoms with Gasteiger partial charge in [-0.3, -0.25) is 9.59 Å². The Kier molecular flexibility index (Phi) is 7.14. The molecule has 34 heavy (non-hydrogen) atoms. The number of H-pyrrole nitrogens is 1. The second-order valence-electron chi connectivity index (χ2n) is 8.30. The minimum atomic E-state index is -3.59. The number of hydrogen-bond acceptors (Lipinski definition) is 4. The fraction of sp³-hybridized carbons (Fsp3) is 0.280. The van der Waals surface area contributed by atoms with Crippen LogP contribution in [0.5, 0.6) is 0 Å². The molecule has 1 atom stereocenters. The predicted octanol–water partition coefficient (Wildman–Crippen LogP) is 2.36. The van der Waals surface area contributed by atoms with Crippen LogP contribution in [0.4, 0.5) is 0 Å². The van der Waals surface area contributed by atoms with Gasteiger partial charge in [0.1, 0.15) is 6.04 Å². The van der Waals surface area contributed by atoms with Gasteiger partial charge in [0.2, 0.25) is 21.8 Å². The second-order valence-corrected chi connectivity index (χ2v) is 10.1. The maximum Gasteiger partial charge on any atom is 0.245 e. The highest BCUT2D eigenvalue weighted by Gasteiger charge is 2.31. The molecule has 2 amide bonds. The van der Waals surface area contributed by atoms with E-state index in [4.69, 9.17) is 0 Å². The highest BCUT2D eigenvalue weighted by Crippen LogP contribution is 2.20. The van der Waals surface area contributed by atoms with E-state index in [1.165, 1.54) is 16.6 Å². The molecule has 1 fully saturated rings. The van der Waals surface area contributed by atoms with Crippen LogP contribution < -0.4 is 5.32 Å². The standard InChI is InChI=1S/C25H28N4O4S/c1-19(30)27-24(17-21-18-26-23-10-6-5-9-22(21)23)25(31)28-12-14-29(15-13-28)34(32,33)16-11-20-7-3-2-4-8-20/h2-11,16,18,24,26H,12-15,17H2,1H3,(H,27,30)/b16-11+. The van der Waals surface area contributed by atoms with E-state index in [1.807, 2.05) is 60.8 Å². The van der Waals surface area contributed by atoms with E-state index in [-0.39, 0.29) is 38.0 Å². The van der Waals surface area contributed by atoms with Crippen molar-refractivity contribution in [2.24, 2.45) is 0 Å². The predicted molar refractivity (Wildman–Crippen MR) is 132 cm³/mol. The fourth-order valence-corrected chi connectivity index (χ4v) is 5.34. The molecule has 3 aromatic rings. The average Bonchev–Trinajstić information content (AvgIpc) is 3.25. The number of hydrogen-bond donors (Lipinski definition) is 2. The van der Waals surface area contributed by atoms with E-state index < -0.39 is 16.1 Å². The Morgan fingerprint density at radius 1 is 1.03 bits per heavy atom. The molecule has 0 saturated carbocycles. The lowest BCUT2D eigenvalue weighted by Crippen LogP contribution is -2.56. The molecular weight excluding hydrogens is 452 g/mol. The van der Waals surface area contributed by atoms with E-state index in [0.717, 1.165) is 22.0 Å². The van der Waals surface area contributed by atoms with Crippen LogP contribution in [0.3, 0.4) is 0 Å².